The molecule has 0 unspecified atom stereocenters. The molecule has 4 heteroatoms. The van der Waals surface area contributed by atoms with Gasteiger partial charge >= 0.3 is 0 Å². The molecule has 0 aliphatic heterocycles. The van der Waals surface area contributed by atoms with E-state index in [4.69, 9.17) is 4.98 Å². The molecule has 3 heterocycles. The standard InChI is InChI=1S/C34H24N4/c1-2-14-27(15-3-1)38-33-19-7-6-18-30(33)37-34(38)25-12-10-11-24(21-25)22-31-28-16-4-5-17-29(28)32(36-31)23-26-13-8-9-20-35-26/h1-23,36H/b31-22-,32-23-. The van der Waals surface area contributed by atoms with E-state index in [0.29, 0.717) is 0 Å². The van der Waals surface area contributed by atoms with Crippen LogP contribution in [0.2, 0.25) is 0 Å². The fourth-order valence-corrected chi connectivity index (χ4v) is 5.06. The quantitative estimate of drug-likeness (QED) is 0.319. The van der Waals surface area contributed by atoms with Crippen LogP contribution in [0.5, 0.6) is 0 Å². The summed E-state index contributed by atoms with van der Waals surface area (Å²) >= 11 is 0. The first-order valence-electron chi connectivity index (χ1n) is 12.7. The van der Waals surface area contributed by atoms with Gasteiger partial charge in [0.25, 0.3) is 0 Å². The Hall–Kier alpha value is -5.22. The van der Waals surface area contributed by atoms with Gasteiger partial charge in [0.1, 0.15) is 5.82 Å². The predicted octanol–water partition coefficient (Wildman–Crippen LogP) is 6.23. The molecule has 0 fully saturated rings. The third kappa shape index (κ3) is 3.98. The van der Waals surface area contributed by atoms with Crippen molar-refractivity contribution >= 4 is 34.0 Å². The van der Waals surface area contributed by atoms with Crippen LogP contribution in [0.4, 0.5) is 0 Å². The molecule has 0 aliphatic carbocycles. The summed E-state index contributed by atoms with van der Waals surface area (Å²) in [5.41, 5.74) is 6.25. The first kappa shape index (κ1) is 22.0. The number of benzene rings is 4. The van der Waals surface area contributed by atoms with Crippen LogP contribution < -0.4 is 10.7 Å². The molecule has 3 aromatic heterocycles. The number of imidazole rings is 1. The van der Waals surface area contributed by atoms with Crippen molar-refractivity contribution < 1.29 is 0 Å². The van der Waals surface area contributed by atoms with Gasteiger partial charge in [-0.2, -0.15) is 0 Å². The molecule has 4 nitrogen and oxygen atoms in total. The van der Waals surface area contributed by atoms with Crippen LogP contribution in [0.3, 0.4) is 0 Å². The lowest BCUT2D eigenvalue weighted by atomic mass is 10.1. The van der Waals surface area contributed by atoms with Crippen molar-refractivity contribution in [1.29, 1.82) is 0 Å². The molecule has 7 aromatic rings. The van der Waals surface area contributed by atoms with Gasteiger partial charge in [0, 0.05) is 38.9 Å². The minimum atomic E-state index is 0.924. The summed E-state index contributed by atoms with van der Waals surface area (Å²) in [4.78, 5) is 13.1. The Bertz CT molecular complexity index is 2020. The van der Waals surface area contributed by atoms with E-state index in [-0.39, 0.29) is 0 Å². The number of hydrogen-bond donors (Lipinski definition) is 1. The highest BCUT2D eigenvalue weighted by atomic mass is 15.1. The lowest BCUT2D eigenvalue weighted by Gasteiger charge is -2.10. The van der Waals surface area contributed by atoms with Crippen molar-refractivity contribution in [3.63, 3.8) is 0 Å². The number of nitrogens with one attached hydrogen (secondary N) is 1. The highest BCUT2D eigenvalue weighted by Gasteiger charge is 2.14. The van der Waals surface area contributed by atoms with Gasteiger partial charge in [-0.3, -0.25) is 9.55 Å². The Morgan fingerprint density at radius 2 is 1.37 bits per heavy atom. The number of pyridine rings is 1. The maximum Gasteiger partial charge on any atom is 0.145 e. The number of H-pyrrole nitrogens is 1. The van der Waals surface area contributed by atoms with Crippen LogP contribution in [0.1, 0.15) is 11.3 Å². The van der Waals surface area contributed by atoms with E-state index >= 15 is 0 Å². The molecule has 180 valence electrons. The highest BCUT2D eigenvalue weighted by Crippen LogP contribution is 2.29. The van der Waals surface area contributed by atoms with E-state index in [0.717, 1.165) is 50.1 Å². The fourth-order valence-electron chi connectivity index (χ4n) is 5.06. The molecular weight excluding hydrogens is 464 g/mol. The Labute approximate surface area is 219 Å². The number of rotatable bonds is 4. The molecule has 38 heavy (non-hydrogen) atoms. The van der Waals surface area contributed by atoms with E-state index in [1.807, 2.05) is 36.5 Å². The minimum Gasteiger partial charge on any atom is -0.354 e. The lowest BCUT2D eigenvalue weighted by Crippen LogP contribution is -2.10. The zero-order valence-electron chi connectivity index (χ0n) is 20.6. The van der Waals surface area contributed by atoms with Gasteiger partial charge in [0.05, 0.1) is 16.7 Å². The van der Waals surface area contributed by atoms with Crippen LogP contribution in [0, 0.1) is 0 Å². The van der Waals surface area contributed by atoms with Gasteiger partial charge in [0.2, 0.25) is 0 Å². The van der Waals surface area contributed by atoms with E-state index in [1.54, 1.807) is 0 Å². The van der Waals surface area contributed by atoms with E-state index in [2.05, 4.69) is 118 Å². The van der Waals surface area contributed by atoms with Gasteiger partial charge in [-0.25, -0.2) is 4.98 Å². The summed E-state index contributed by atoms with van der Waals surface area (Å²) in [5, 5.41) is 4.46. The summed E-state index contributed by atoms with van der Waals surface area (Å²) in [6.45, 7) is 0. The van der Waals surface area contributed by atoms with E-state index in [9.17, 15) is 0 Å². The highest BCUT2D eigenvalue weighted by molar-refractivity contribution is 5.86. The summed E-state index contributed by atoms with van der Waals surface area (Å²) < 4.78 is 2.23. The lowest BCUT2D eigenvalue weighted by molar-refractivity contribution is 1.10. The van der Waals surface area contributed by atoms with Crippen LogP contribution in [0.15, 0.2) is 128 Å². The van der Waals surface area contributed by atoms with Crippen LogP contribution in [-0.4, -0.2) is 19.5 Å². The predicted molar refractivity (Wildman–Crippen MR) is 155 cm³/mol. The molecule has 0 saturated carbocycles. The Kier molecular flexibility index (Phi) is 5.41. The maximum atomic E-state index is 5.04. The second-order valence-corrected chi connectivity index (χ2v) is 9.26. The molecule has 0 saturated heterocycles. The number of fused-ring (bicyclic) bond motifs is 2. The first-order chi connectivity index (χ1) is 18.8. The van der Waals surface area contributed by atoms with Crippen molar-refractivity contribution in [3.05, 3.63) is 149 Å². The fraction of sp³-hybridized carbons (Fsp3) is 0. The van der Waals surface area contributed by atoms with Crippen molar-refractivity contribution in [3.8, 4) is 17.1 Å². The SMILES string of the molecule is C(/c1cccc(-c2nc3ccccc3n2-c2ccccc2)c1)=c1/[nH]/c(=C\c2ccccn2)c2ccccc12. The first-order valence-corrected chi connectivity index (χ1v) is 12.7. The van der Waals surface area contributed by atoms with Gasteiger partial charge < -0.3 is 4.98 Å². The van der Waals surface area contributed by atoms with Crippen molar-refractivity contribution in [2.75, 3.05) is 0 Å². The third-order valence-corrected chi connectivity index (χ3v) is 6.79. The molecule has 0 aliphatic rings. The number of nitrogens with zero attached hydrogens (tertiary/aromatic N) is 3. The van der Waals surface area contributed by atoms with Crippen LogP contribution in [0.25, 0.3) is 51.0 Å². The molecule has 1 N–H and O–H groups in total. The van der Waals surface area contributed by atoms with Crippen molar-refractivity contribution in [2.45, 2.75) is 0 Å². The normalized spacial score (nSPS) is 12.5. The molecule has 0 radical (unpaired) electrons. The largest absolute Gasteiger partial charge is 0.354 e. The Morgan fingerprint density at radius 1 is 0.632 bits per heavy atom. The Balaban J connectivity index is 1.40. The summed E-state index contributed by atoms with van der Waals surface area (Å²) in [6, 6.07) is 41.7. The number of para-hydroxylation sites is 3. The van der Waals surface area contributed by atoms with Crippen molar-refractivity contribution in [2.24, 2.45) is 0 Å². The van der Waals surface area contributed by atoms with Crippen molar-refractivity contribution in [1.82, 2.24) is 19.5 Å². The average molecular weight is 489 g/mol. The summed E-state index contributed by atoms with van der Waals surface area (Å²) in [6.07, 6.45) is 6.12. The second kappa shape index (κ2) is 9.34. The molecule has 0 amide bonds. The monoisotopic (exact) mass is 488 g/mol. The smallest absolute Gasteiger partial charge is 0.145 e. The zero-order chi connectivity index (χ0) is 25.3. The maximum absolute atomic E-state index is 5.04. The number of aromatic amines is 1. The molecular formula is C34H24N4. The van der Waals surface area contributed by atoms with Gasteiger partial charge in [-0.05, 0) is 60.2 Å². The van der Waals surface area contributed by atoms with Crippen LogP contribution in [-0.2, 0) is 0 Å². The molecule has 0 atom stereocenters. The molecule has 0 bridgehead atoms. The van der Waals surface area contributed by atoms with Gasteiger partial charge in [0.15, 0.2) is 0 Å². The Morgan fingerprint density at radius 3 is 2.18 bits per heavy atom. The van der Waals surface area contributed by atoms with E-state index < -0.39 is 0 Å². The molecule has 7 rings (SSSR count). The third-order valence-electron chi connectivity index (χ3n) is 6.79. The second-order valence-electron chi connectivity index (χ2n) is 9.26. The van der Waals surface area contributed by atoms with Gasteiger partial charge in [-0.15, -0.1) is 0 Å². The number of hydrogen-bond acceptors (Lipinski definition) is 2. The summed E-state index contributed by atoms with van der Waals surface area (Å²) in [7, 11) is 0. The molecule has 0 spiro atoms. The van der Waals surface area contributed by atoms with Gasteiger partial charge in [-0.1, -0.05) is 78.9 Å². The zero-order valence-corrected chi connectivity index (χ0v) is 20.6. The number of aromatic nitrogens is 4. The average Bonchev–Trinajstić information content (AvgIpc) is 3.53. The topological polar surface area (TPSA) is 46.5 Å². The minimum absolute atomic E-state index is 0.924. The van der Waals surface area contributed by atoms with Crippen LogP contribution >= 0.6 is 0 Å². The van der Waals surface area contributed by atoms with E-state index in [1.165, 1.54) is 10.8 Å². The summed E-state index contributed by atoms with van der Waals surface area (Å²) in [5.74, 6) is 0.924. The molecule has 4 aromatic carbocycles.